The van der Waals surface area contributed by atoms with Crippen molar-refractivity contribution in [3.05, 3.63) is 28.2 Å². The number of hydrogen-bond donors (Lipinski definition) is 2. The van der Waals surface area contributed by atoms with Crippen LogP contribution in [0.1, 0.15) is 38.8 Å². The molecule has 20 heavy (non-hydrogen) atoms. The second-order valence-corrected chi connectivity index (χ2v) is 6.21. The van der Waals surface area contributed by atoms with Gasteiger partial charge in [0, 0.05) is 22.6 Å². The first-order valence-corrected chi connectivity index (χ1v) is 7.64. The van der Waals surface area contributed by atoms with Crippen molar-refractivity contribution in [1.29, 1.82) is 0 Å². The quantitative estimate of drug-likeness (QED) is 0.800. The molecule has 1 rings (SSSR count). The Bertz CT molecular complexity index is 447. The average Bonchev–Trinajstić information content (AvgIpc) is 2.36. The summed E-state index contributed by atoms with van der Waals surface area (Å²) in [5.74, 6) is 1.12. The van der Waals surface area contributed by atoms with Crippen LogP contribution < -0.4 is 15.8 Å². The summed E-state index contributed by atoms with van der Waals surface area (Å²) in [6.45, 7) is 6.83. The van der Waals surface area contributed by atoms with Crippen molar-refractivity contribution in [1.82, 2.24) is 5.32 Å². The number of nitrogens with one attached hydrogen (secondary N) is 1. The average molecular weight is 343 g/mol. The lowest BCUT2D eigenvalue weighted by molar-refractivity contribution is -0.123. The third-order valence-corrected chi connectivity index (χ3v) is 3.36. The number of amides is 1. The fourth-order valence-corrected chi connectivity index (χ4v) is 2.08. The fraction of sp³-hybridized carbons (Fsp3) is 0.533. The van der Waals surface area contributed by atoms with Crippen LogP contribution in [0.3, 0.4) is 0 Å². The van der Waals surface area contributed by atoms with Gasteiger partial charge in [-0.1, -0.05) is 29.8 Å². The number of carbonyl (C=O) groups is 1. The molecule has 0 fully saturated rings. The summed E-state index contributed by atoms with van der Waals surface area (Å²) in [5, 5.41) is 2.84. The zero-order valence-corrected chi connectivity index (χ0v) is 13.9. The Labute approximate surface area is 129 Å². The predicted molar refractivity (Wildman–Crippen MR) is 84.7 cm³/mol. The molecule has 1 atom stereocenters. The second-order valence-electron chi connectivity index (χ2n) is 5.29. The molecule has 0 aliphatic rings. The minimum atomic E-state index is -0.147. The molecule has 0 heterocycles. The number of ether oxygens (including phenoxy) is 1. The Kier molecular flexibility index (Phi) is 7.02. The fourth-order valence-electron chi connectivity index (χ4n) is 1.70. The first-order chi connectivity index (χ1) is 9.40. The van der Waals surface area contributed by atoms with Crippen LogP contribution in [0.4, 0.5) is 0 Å². The molecule has 4 nitrogen and oxygen atoms in total. The van der Waals surface area contributed by atoms with Gasteiger partial charge in [0.05, 0.1) is 0 Å². The predicted octanol–water partition coefficient (Wildman–Crippen LogP) is 3.01. The van der Waals surface area contributed by atoms with Crippen LogP contribution in [0.25, 0.3) is 0 Å². The number of carbonyl (C=O) groups excluding carboxylic acids is 1. The molecular weight excluding hydrogens is 320 g/mol. The van der Waals surface area contributed by atoms with Gasteiger partial charge in [-0.15, -0.1) is 0 Å². The molecule has 5 heteroatoms. The van der Waals surface area contributed by atoms with Crippen LogP contribution in [0, 0.1) is 5.92 Å². The topological polar surface area (TPSA) is 64.3 Å². The Morgan fingerprint density at radius 1 is 1.40 bits per heavy atom. The van der Waals surface area contributed by atoms with Crippen molar-refractivity contribution in [3.63, 3.8) is 0 Å². The van der Waals surface area contributed by atoms with Crippen molar-refractivity contribution in [2.24, 2.45) is 11.7 Å². The lowest BCUT2D eigenvalue weighted by Gasteiger charge is -2.14. The summed E-state index contributed by atoms with van der Waals surface area (Å²) in [4.78, 5) is 11.7. The van der Waals surface area contributed by atoms with E-state index in [4.69, 9.17) is 10.5 Å². The minimum absolute atomic E-state index is 0.0133. The Morgan fingerprint density at radius 3 is 2.70 bits per heavy atom. The molecule has 0 saturated heterocycles. The smallest absolute Gasteiger partial charge is 0.257 e. The van der Waals surface area contributed by atoms with Crippen LogP contribution in [-0.4, -0.2) is 19.1 Å². The van der Waals surface area contributed by atoms with Crippen LogP contribution in [0.2, 0.25) is 0 Å². The molecule has 0 saturated carbocycles. The SMILES string of the molecule is CC(C)CCNC(=O)COc1ccc(Br)cc1[C@@H](C)N. The standard InChI is InChI=1S/C15H23BrN2O2/c1-10(2)6-7-18-15(19)9-20-14-5-4-12(16)8-13(14)11(3)17/h4-5,8,10-11H,6-7,9,17H2,1-3H3,(H,18,19)/t11-/m1/s1. The maximum atomic E-state index is 11.7. The van der Waals surface area contributed by atoms with Crippen LogP contribution in [-0.2, 0) is 4.79 Å². The maximum absolute atomic E-state index is 11.7. The van der Waals surface area contributed by atoms with Crippen molar-refractivity contribution < 1.29 is 9.53 Å². The molecule has 0 spiro atoms. The van der Waals surface area contributed by atoms with E-state index >= 15 is 0 Å². The van der Waals surface area contributed by atoms with Gasteiger partial charge in [-0.2, -0.15) is 0 Å². The molecule has 1 aromatic rings. The molecular formula is C15H23BrN2O2. The third-order valence-electron chi connectivity index (χ3n) is 2.87. The third kappa shape index (κ3) is 5.92. The highest BCUT2D eigenvalue weighted by atomic mass is 79.9. The first-order valence-electron chi connectivity index (χ1n) is 6.84. The van der Waals surface area contributed by atoms with Gasteiger partial charge < -0.3 is 15.8 Å². The zero-order valence-electron chi connectivity index (χ0n) is 12.3. The van der Waals surface area contributed by atoms with Crippen LogP contribution in [0.15, 0.2) is 22.7 Å². The molecule has 1 aromatic carbocycles. The van der Waals surface area contributed by atoms with Crippen LogP contribution in [0.5, 0.6) is 5.75 Å². The molecule has 0 aliphatic heterocycles. The summed E-state index contributed by atoms with van der Waals surface area (Å²) in [6.07, 6.45) is 0.967. The molecule has 0 aromatic heterocycles. The molecule has 1 amide bonds. The zero-order chi connectivity index (χ0) is 15.1. The summed E-state index contributed by atoms with van der Waals surface area (Å²) in [6, 6.07) is 5.46. The molecule has 0 aliphatic carbocycles. The molecule has 0 radical (unpaired) electrons. The molecule has 0 bridgehead atoms. The Balaban J connectivity index is 2.51. The van der Waals surface area contributed by atoms with Gasteiger partial charge in [-0.25, -0.2) is 0 Å². The van der Waals surface area contributed by atoms with E-state index in [2.05, 4.69) is 35.1 Å². The van der Waals surface area contributed by atoms with Crippen molar-refractivity contribution >= 4 is 21.8 Å². The summed E-state index contributed by atoms with van der Waals surface area (Å²) >= 11 is 3.40. The van der Waals surface area contributed by atoms with E-state index in [-0.39, 0.29) is 18.6 Å². The van der Waals surface area contributed by atoms with Crippen LogP contribution >= 0.6 is 15.9 Å². The van der Waals surface area contributed by atoms with Gasteiger partial charge in [0.15, 0.2) is 6.61 Å². The van der Waals surface area contributed by atoms with Gasteiger partial charge in [-0.05, 0) is 37.5 Å². The van der Waals surface area contributed by atoms with E-state index in [0.717, 1.165) is 16.5 Å². The second kappa shape index (κ2) is 8.27. The highest BCUT2D eigenvalue weighted by molar-refractivity contribution is 9.10. The van der Waals surface area contributed by atoms with Gasteiger partial charge in [0.2, 0.25) is 0 Å². The maximum Gasteiger partial charge on any atom is 0.257 e. The summed E-state index contributed by atoms with van der Waals surface area (Å²) in [7, 11) is 0. The largest absolute Gasteiger partial charge is 0.483 e. The van der Waals surface area contributed by atoms with Gasteiger partial charge >= 0.3 is 0 Å². The molecule has 112 valence electrons. The van der Waals surface area contributed by atoms with E-state index < -0.39 is 0 Å². The first kappa shape index (κ1) is 17.0. The number of benzene rings is 1. The van der Waals surface area contributed by atoms with Gasteiger partial charge in [0.25, 0.3) is 5.91 Å². The van der Waals surface area contributed by atoms with Crippen molar-refractivity contribution in [3.8, 4) is 5.75 Å². The van der Waals surface area contributed by atoms with E-state index in [9.17, 15) is 4.79 Å². The van der Waals surface area contributed by atoms with E-state index in [1.165, 1.54) is 0 Å². The minimum Gasteiger partial charge on any atom is -0.483 e. The number of hydrogen-bond acceptors (Lipinski definition) is 3. The van der Waals surface area contributed by atoms with E-state index in [0.29, 0.717) is 18.2 Å². The number of rotatable bonds is 7. The van der Waals surface area contributed by atoms with E-state index in [1.807, 2.05) is 25.1 Å². The van der Waals surface area contributed by atoms with Crippen molar-refractivity contribution in [2.45, 2.75) is 33.2 Å². The Morgan fingerprint density at radius 2 is 2.10 bits per heavy atom. The lowest BCUT2D eigenvalue weighted by atomic mass is 10.1. The lowest BCUT2D eigenvalue weighted by Crippen LogP contribution is -2.30. The molecule has 0 unspecified atom stereocenters. The highest BCUT2D eigenvalue weighted by Gasteiger charge is 2.10. The van der Waals surface area contributed by atoms with Gasteiger partial charge in [0.1, 0.15) is 5.75 Å². The van der Waals surface area contributed by atoms with Crippen molar-refractivity contribution in [2.75, 3.05) is 13.2 Å². The summed E-state index contributed by atoms with van der Waals surface area (Å²) in [5.41, 5.74) is 6.79. The van der Waals surface area contributed by atoms with Gasteiger partial charge in [-0.3, -0.25) is 4.79 Å². The molecule has 3 N–H and O–H groups in total. The van der Waals surface area contributed by atoms with E-state index in [1.54, 1.807) is 0 Å². The normalized spacial score (nSPS) is 12.3. The Hall–Kier alpha value is -1.07. The highest BCUT2D eigenvalue weighted by Crippen LogP contribution is 2.27. The monoisotopic (exact) mass is 342 g/mol. The summed E-state index contributed by atoms with van der Waals surface area (Å²) < 4.78 is 6.50. The number of halogens is 1. The number of nitrogens with two attached hydrogens (primary N) is 1.